The minimum atomic E-state index is 0. The fourth-order valence-corrected chi connectivity index (χ4v) is 2.09. The predicted molar refractivity (Wildman–Crippen MR) is 86.1 cm³/mol. The van der Waals surface area contributed by atoms with Crippen molar-refractivity contribution in [3.05, 3.63) is 53.5 Å². The van der Waals surface area contributed by atoms with Gasteiger partial charge in [-0.1, -0.05) is 30.3 Å². The summed E-state index contributed by atoms with van der Waals surface area (Å²) in [5.41, 5.74) is 1.36. The molecule has 0 aliphatic carbocycles. The Morgan fingerprint density at radius 1 is 1.09 bits per heavy atom. The monoisotopic (exact) mass is 372 g/mol. The van der Waals surface area contributed by atoms with Crippen LogP contribution < -0.4 is 5.32 Å². The van der Waals surface area contributed by atoms with E-state index < -0.39 is 0 Å². The molecule has 1 unspecified atom stereocenters. The van der Waals surface area contributed by atoms with Crippen LogP contribution in [0, 0.1) is 12.8 Å². The molecule has 0 spiro atoms. The molecule has 1 aromatic carbocycles. The van der Waals surface area contributed by atoms with E-state index >= 15 is 0 Å². The molecule has 5 heteroatoms. The largest absolute Gasteiger partial charge is 0.352 e. The SMILES string of the molecule is Cc1nc(NC(C)CCc2ccccc2)nc([C-](C)C)n1.[Y]. The Kier molecular flexibility index (Phi) is 7.98. The van der Waals surface area contributed by atoms with Gasteiger partial charge in [-0.3, -0.25) is 4.98 Å². The van der Waals surface area contributed by atoms with E-state index in [1.807, 2.05) is 26.8 Å². The van der Waals surface area contributed by atoms with Gasteiger partial charge >= 0.3 is 0 Å². The third kappa shape index (κ3) is 6.01. The number of hydrogen-bond donors (Lipinski definition) is 1. The quantitative estimate of drug-likeness (QED) is 0.788. The van der Waals surface area contributed by atoms with Gasteiger partial charge in [-0.15, -0.1) is 0 Å². The summed E-state index contributed by atoms with van der Waals surface area (Å²) >= 11 is 0. The van der Waals surface area contributed by atoms with E-state index in [0.717, 1.165) is 30.4 Å². The van der Waals surface area contributed by atoms with Crippen molar-refractivity contribution in [2.75, 3.05) is 5.32 Å². The molecule has 2 aromatic rings. The Labute approximate surface area is 158 Å². The molecule has 0 bridgehead atoms. The maximum Gasteiger partial charge on any atom is 0.223 e. The number of aromatic nitrogens is 3. The molecule has 1 N–H and O–H groups in total. The molecule has 0 saturated carbocycles. The molecule has 1 radical (unpaired) electrons. The summed E-state index contributed by atoms with van der Waals surface area (Å²) in [6, 6.07) is 10.8. The Hall–Kier alpha value is -0.996. The minimum absolute atomic E-state index is 0. The zero-order valence-electron chi connectivity index (χ0n) is 13.8. The van der Waals surface area contributed by atoms with Crippen LogP contribution in [0.2, 0.25) is 0 Å². The topological polar surface area (TPSA) is 50.7 Å². The first-order valence-electron chi connectivity index (χ1n) is 7.38. The molecule has 1 heterocycles. The molecular formula is C17H23N4Y-. The van der Waals surface area contributed by atoms with Gasteiger partial charge in [-0.25, -0.2) is 4.98 Å². The van der Waals surface area contributed by atoms with E-state index in [2.05, 4.69) is 51.5 Å². The van der Waals surface area contributed by atoms with E-state index in [4.69, 9.17) is 0 Å². The van der Waals surface area contributed by atoms with Crippen molar-refractivity contribution in [1.29, 1.82) is 0 Å². The number of benzene rings is 1. The van der Waals surface area contributed by atoms with Gasteiger partial charge in [0.1, 0.15) is 5.82 Å². The third-order valence-electron chi connectivity index (χ3n) is 3.28. The van der Waals surface area contributed by atoms with E-state index in [1.165, 1.54) is 5.56 Å². The van der Waals surface area contributed by atoms with Gasteiger partial charge in [-0.05, 0) is 32.3 Å². The smallest absolute Gasteiger partial charge is 0.223 e. The van der Waals surface area contributed by atoms with Gasteiger partial charge in [0, 0.05) is 44.6 Å². The van der Waals surface area contributed by atoms with Gasteiger partial charge in [0.2, 0.25) is 5.95 Å². The number of aryl methyl sites for hydroxylation is 2. The Morgan fingerprint density at radius 3 is 2.41 bits per heavy atom. The second kappa shape index (κ2) is 9.21. The number of hydrogen-bond acceptors (Lipinski definition) is 4. The summed E-state index contributed by atoms with van der Waals surface area (Å²) < 4.78 is 0. The van der Waals surface area contributed by atoms with Gasteiger partial charge in [0.05, 0.1) is 0 Å². The molecule has 0 aliphatic heterocycles. The second-order valence-corrected chi connectivity index (χ2v) is 5.60. The molecule has 0 aliphatic rings. The van der Waals surface area contributed by atoms with Crippen molar-refractivity contribution in [3.8, 4) is 0 Å². The summed E-state index contributed by atoms with van der Waals surface area (Å²) in [5.74, 6) is 3.28. The fraction of sp³-hybridized carbons (Fsp3) is 0.412. The molecule has 22 heavy (non-hydrogen) atoms. The van der Waals surface area contributed by atoms with Gasteiger partial charge < -0.3 is 11.2 Å². The van der Waals surface area contributed by atoms with E-state index in [9.17, 15) is 0 Å². The van der Waals surface area contributed by atoms with Crippen LogP contribution in [0.5, 0.6) is 0 Å². The van der Waals surface area contributed by atoms with Crippen LogP contribution in [0.25, 0.3) is 0 Å². The molecule has 1 atom stereocenters. The molecule has 4 nitrogen and oxygen atoms in total. The molecule has 0 fully saturated rings. The number of nitrogens with one attached hydrogen (secondary N) is 1. The number of nitrogens with zero attached hydrogens (tertiary/aromatic N) is 3. The first-order chi connectivity index (χ1) is 10.0. The van der Waals surface area contributed by atoms with Crippen molar-refractivity contribution in [3.63, 3.8) is 0 Å². The standard InChI is InChI=1S/C17H23N4.Y/c1-12(2)16-19-14(4)20-17(21-16)18-13(3)10-11-15-8-6-5-7-9-15;/h5-9,13H,10-11H2,1-4H3,(H,18,19,20,21);/q-1;. The van der Waals surface area contributed by atoms with Crippen LogP contribution in [-0.2, 0) is 39.1 Å². The molecule has 0 amide bonds. The van der Waals surface area contributed by atoms with Gasteiger partial charge in [-0.2, -0.15) is 18.8 Å². The first kappa shape index (κ1) is 19.1. The Balaban J connectivity index is 0.00000242. The van der Waals surface area contributed by atoms with Crippen LogP contribution in [0.15, 0.2) is 30.3 Å². The van der Waals surface area contributed by atoms with Crippen molar-refractivity contribution < 1.29 is 32.7 Å². The maximum absolute atomic E-state index is 4.46. The van der Waals surface area contributed by atoms with Crippen molar-refractivity contribution in [1.82, 2.24) is 15.0 Å². The van der Waals surface area contributed by atoms with Crippen LogP contribution >= 0.6 is 0 Å². The summed E-state index contributed by atoms with van der Waals surface area (Å²) in [6.45, 7) is 8.08. The van der Waals surface area contributed by atoms with E-state index in [-0.39, 0.29) is 32.7 Å². The van der Waals surface area contributed by atoms with Crippen LogP contribution in [0.1, 0.15) is 44.4 Å². The first-order valence-corrected chi connectivity index (χ1v) is 7.38. The van der Waals surface area contributed by atoms with Crippen molar-refractivity contribution in [2.24, 2.45) is 0 Å². The Bertz CT molecular complexity index is 572. The number of anilines is 1. The van der Waals surface area contributed by atoms with Crippen LogP contribution in [0.3, 0.4) is 0 Å². The molecular weight excluding hydrogens is 349 g/mol. The zero-order valence-corrected chi connectivity index (χ0v) is 16.6. The summed E-state index contributed by atoms with van der Waals surface area (Å²) in [7, 11) is 0. The minimum Gasteiger partial charge on any atom is -0.352 e. The van der Waals surface area contributed by atoms with Gasteiger partial charge in [0.15, 0.2) is 0 Å². The Morgan fingerprint density at radius 2 is 1.77 bits per heavy atom. The van der Waals surface area contributed by atoms with Crippen LogP contribution in [0.4, 0.5) is 5.95 Å². The van der Waals surface area contributed by atoms with Crippen molar-refractivity contribution >= 4 is 5.95 Å². The average Bonchev–Trinajstić information content (AvgIpc) is 2.45. The van der Waals surface area contributed by atoms with E-state index in [0.29, 0.717) is 12.0 Å². The van der Waals surface area contributed by atoms with Crippen molar-refractivity contribution in [2.45, 2.75) is 46.6 Å². The zero-order chi connectivity index (χ0) is 15.2. The second-order valence-electron chi connectivity index (χ2n) is 5.60. The predicted octanol–water partition coefficient (Wildman–Crippen LogP) is 3.57. The van der Waals surface area contributed by atoms with Gasteiger partial charge in [0.25, 0.3) is 0 Å². The molecule has 1 aromatic heterocycles. The summed E-state index contributed by atoms with van der Waals surface area (Å²) in [5, 5.41) is 3.37. The maximum atomic E-state index is 4.46. The third-order valence-corrected chi connectivity index (χ3v) is 3.28. The molecule has 0 saturated heterocycles. The van der Waals surface area contributed by atoms with Crippen LogP contribution in [-0.4, -0.2) is 21.0 Å². The molecule has 2 rings (SSSR count). The van der Waals surface area contributed by atoms with E-state index in [1.54, 1.807) is 0 Å². The summed E-state index contributed by atoms with van der Waals surface area (Å²) in [4.78, 5) is 13.2. The number of rotatable bonds is 6. The average molecular weight is 372 g/mol. The fourth-order valence-electron chi connectivity index (χ4n) is 2.09. The normalized spacial score (nSPS) is 11.5. The summed E-state index contributed by atoms with van der Waals surface area (Å²) in [6.07, 6.45) is 2.09. The molecule has 115 valence electrons.